The van der Waals surface area contributed by atoms with E-state index in [1.54, 1.807) is 12.3 Å². The van der Waals surface area contributed by atoms with Crippen LogP contribution in [0.25, 0.3) is 0 Å². The lowest BCUT2D eigenvalue weighted by Crippen LogP contribution is -2.06. The van der Waals surface area contributed by atoms with Crippen LogP contribution >= 0.6 is 7.92 Å². The first kappa shape index (κ1) is 29.6. The molecule has 0 fully saturated rings. The van der Waals surface area contributed by atoms with Crippen molar-refractivity contribution >= 4 is 7.92 Å². The molecule has 1 nitrogen and oxygen atoms in total. The van der Waals surface area contributed by atoms with Gasteiger partial charge in [-0.15, -0.1) is 7.92 Å². The van der Waals surface area contributed by atoms with Gasteiger partial charge in [0, 0.05) is 0 Å². The second-order valence-electron chi connectivity index (χ2n) is 8.62. The SMILES string of the molecule is CCCCCCCCP(CCCCCCCC)C(C)CCCCCCC.N. The van der Waals surface area contributed by atoms with Gasteiger partial charge in [-0.05, 0) is 37.2 Å². The largest absolute Gasteiger partial charge is 0.344 e. The summed E-state index contributed by atoms with van der Waals surface area (Å²) in [5.41, 5.74) is 1.03. The van der Waals surface area contributed by atoms with E-state index in [-0.39, 0.29) is 6.15 Å². The molecular weight excluding hydrogens is 345 g/mol. The summed E-state index contributed by atoms with van der Waals surface area (Å²) in [4.78, 5) is 0. The Morgan fingerprint density at radius 1 is 0.481 bits per heavy atom. The van der Waals surface area contributed by atoms with E-state index in [2.05, 4.69) is 27.7 Å². The molecule has 0 bridgehead atoms. The molecule has 0 aromatic rings. The monoisotopic (exact) mass is 401 g/mol. The average Bonchev–Trinajstić information content (AvgIpc) is 2.65. The average molecular weight is 402 g/mol. The van der Waals surface area contributed by atoms with E-state index < -0.39 is 0 Å². The lowest BCUT2D eigenvalue weighted by molar-refractivity contribution is 0.600. The van der Waals surface area contributed by atoms with Crippen LogP contribution in [0.3, 0.4) is 0 Å². The molecule has 0 radical (unpaired) electrons. The van der Waals surface area contributed by atoms with E-state index in [4.69, 9.17) is 0 Å². The molecule has 0 spiro atoms. The summed E-state index contributed by atoms with van der Waals surface area (Å²) in [7, 11) is 0.305. The molecule has 0 aliphatic rings. The topological polar surface area (TPSA) is 35.0 Å². The van der Waals surface area contributed by atoms with Gasteiger partial charge in [0.15, 0.2) is 0 Å². The predicted molar refractivity (Wildman–Crippen MR) is 131 cm³/mol. The molecule has 166 valence electrons. The first-order valence-corrected chi connectivity index (χ1v) is 14.3. The van der Waals surface area contributed by atoms with Crippen molar-refractivity contribution in [2.45, 2.75) is 149 Å². The zero-order valence-electron chi connectivity index (χ0n) is 19.9. The van der Waals surface area contributed by atoms with Crippen LogP contribution in [0, 0.1) is 0 Å². The summed E-state index contributed by atoms with van der Waals surface area (Å²) < 4.78 is 0. The van der Waals surface area contributed by atoms with Crippen molar-refractivity contribution in [2.75, 3.05) is 12.3 Å². The van der Waals surface area contributed by atoms with Gasteiger partial charge in [-0.1, -0.05) is 124 Å². The van der Waals surface area contributed by atoms with Crippen molar-refractivity contribution in [3.63, 3.8) is 0 Å². The highest BCUT2D eigenvalue weighted by Crippen LogP contribution is 2.45. The molecule has 0 saturated heterocycles. The van der Waals surface area contributed by atoms with Crippen molar-refractivity contribution in [3.05, 3.63) is 0 Å². The van der Waals surface area contributed by atoms with Crippen molar-refractivity contribution in [2.24, 2.45) is 0 Å². The standard InChI is InChI=1S/C25H53P.H3N/c1-5-8-11-14-17-20-23-26(24-21-18-15-12-9-6-2)25(4)22-19-16-13-10-7-3;/h25H,5-24H2,1-4H3;1H3. The fourth-order valence-corrected chi connectivity index (χ4v) is 6.88. The fraction of sp³-hybridized carbons (Fsp3) is 1.00. The van der Waals surface area contributed by atoms with Gasteiger partial charge in [-0.25, -0.2) is 0 Å². The van der Waals surface area contributed by atoms with Crippen LogP contribution < -0.4 is 6.15 Å². The van der Waals surface area contributed by atoms with Gasteiger partial charge in [0.25, 0.3) is 0 Å². The normalized spacial score (nSPS) is 12.3. The van der Waals surface area contributed by atoms with E-state index >= 15 is 0 Å². The fourth-order valence-electron chi connectivity index (χ4n) is 3.97. The first-order valence-electron chi connectivity index (χ1n) is 12.5. The molecule has 0 aromatic heterocycles. The second-order valence-corrected chi connectivity index (χ2v) is 11.6. The zero-order valence-corrected chi connectivity index (χ0v) is 20.8. The molecule has 2 heteroatoms. The third-order valence-corrected chi connectivity index (χ3v) is 9.23. The van der Waals surface area contributed by atoms with Crippen LogP contribution in [0.5, 0.6) is 0 Å². The summed E-state index contributed by atoms with van der Waals surface area (Å²) in [5, 5.41) is 0. The number of hydrogen-bond donors (Lipinski definition) is 1. The summed E-state index contributed by atoms with van der Waals surface area (Å²) in [6, 6.07) is 0. The maximum atomic E-state index is 2.60. The van der Waals surface area contributed by atoms with Gasteiger partial charge in [0.2, 0.25) is 0 Å². The second kappa shape index (κ2) is 24.4. The third-order valence-electron chi connectivity index (χ3n) is 5.95. The van der Waals surface area contributed by atoms with Crippen LogP contribution in [0.2, 0.25) is 0 Å². The van der Waals surface area contributed by atoms with Crippen LogP contribution in [0.4, 0.5) is 0 Å². The quantitative estimate of drug-likeness (QED) is 0.151. The van der Waals surface area contributed by atoms with Gasteiger partial charge in [-0.2, -0.15) is 0 Å². The van der Waals surface area contributed by atoms with Crippen LogP contribution in [0.1, 0.15) is 143 Å². The summed E-state index contributed by atoms with van der Waals surface area (Å²) in [5.74, 6) is 0. The van der Waals surface area contributed by atoms with Crippen LogP contribution in [-0.4, -0.2) is 18.0 Å². The van der Waals surface area contributed by atoms with Crippen molar-refractivity contribution < 1.29 is 0 Å². The molecule has 0 amide bonds. The zero-order chi connectivity index (χ0) is 19.3. The van der Waals surface area contributed by atoms with E-state index in [0.717, 1.165) is 5.66 Å². The Balaban J connectivity index is 0. The van der Waals surface area contributed by atoms with Gasteiger partial charge >= 0.3 is 0 Å². The van der Waals surface area contributed by atoms with Crippen LogP contribution in [-0.2, 0) is 0 Å². The summed E-state index contributed by atoms with van der Waals surface area (Å²) in [6.07, 6.45) is 29.5. The van der Waals surface area contributed by atoms with E-state index in [9.17, 15) is 0 Å². The highest BCUT2D eigenvalue weighted by atomic mass is 31.1. The smallest absolute Gasteiger partial charge is 0.0238 e. The maximum absolute atomic E-state index is 2.60. The van der Waals surface area contributed by atoms with E-state index in [1.165, 1.54) is 116 Å². The van der Waals surface area contributed by atoms with Crippen molar-refractivity contribution in [1.29, 1.82) is 0 Å². The summed E-state index contributed by atoms with van der Waals surface area (Å²) >= 11 is 0. The van der Waals surface area contributed by atoms with Crippen molar-refractivity contribution in [3.8, 4) is 0 Å². The number of unbranched alkanes of at least 4 members (excludes halogenated alkanes) is 14. The Bertz CT molecular complexity index is 241. The van der Waals surface area contributed by atoms with Gasteiger partial charge in [-0.3, -0.25) is 0 Å². The molecule has 0 rings (SSSR count). The molecule has 0 aliphatic heterocycles. The predicted octanol–water partition coefficient (Wildman–Crippen LogP) is 10.1. The first-order chi connectivity index (χ1) is 12.8. The minimum atomic E-state index is 0. The third kappa shape index (κ3) is 20.9. The Labute approximate surface area is 175 Å². The van der Waals surface area contributed by atoms with Gasteiger partial charge < -0.3 is 6.15 Å². The molecule has 1 atom stereocenters. The van der Waals surface area contributed by atoms with Crippen LogP contribution in [0.15, 0.2) is 0 Å². The Hall–Kier alpha value is 0.390. The van der Waals surface area contributed by atoms with E-state index in [1.807, 2.05) is 0 Å². The molecule has 0 aromatic carbocycles. The van der Waals surface area contributed by atoms with Crippen molar-refractivity contribution in [1.82, 2.24) is 6.15 Å². The maximum Gasteiger partial charge on any atom is -0.0238 e. The Morgan fingerprint density at radius 3 is 1.22 bits per heavy atom. The highest BCUT2D eigenvalue weighted by molar-refractivity contribution is 7.58. The highest BCUT2D eigenvalue weighted by Gasteiger charge is 2.15. The molecule has 0 heterocycles. The number of hydrogen-bond acceptors (Lipinski definition) is 1. The minimum Gasteiger partial charge on any atom is -0.344 e. The molecule has 27 heavy (non-hydrogen) atoms. The summed E-state index contributed by atoms with van der Waals surface area (Å²) in [6.45, 7) is 9.56. The lowest BCUT2D eigenvalue weighted by atomic mass is 10.1. The molecular formula is C25H56NP. The Kier molecular flexibility index (Phi) is 26.8. The van der Waals surface area contributed by atoms with E-state index in [0.29, 0.717) is 7.92 Å². The molecule has 3 N–H and O–H groups in total. The number of rotatable bonds is 21. The van der Waals surface area contributed by atoms with Gasteiger partial charge in [0.05, 0.1) is 0 Å². The lowest BCUT2D eigenvalue weighted by Gasteiger charge is -2.25. The minimum absolute atomic E-state index is 0. The Morgan fingerprint density at radius 2 is 0.815 bits per heavy atom. The molecule has 0 aliphatic carbocycles. The molecule has 1 unspecified atom stereocenters. The molecule has 0 saturated carbocycles. The van der Waals surface area contributed by atoms with Gasteiger partial charge in [0.1, 0.15) is 0 Å².